The van der Waals surface area contributed by atoms with Crippen LogP contribution in [0.25, 0.3) is 0 Å². The Morgan fingerprint density at radius 1 is 0.913 bits per heavy atom. The Morgan fingerprint density at radius 3 is 1.91 bits per heavy atom. The van der Waals surface area contributed by atoms with Crippen molar-refractivity contribution in [3.8, 4) is 0 Å². The molecule has 0 bridgehead atoms. The molecule has 0 spiro atoms. The largest absolute Gasteiger partial charge is 0.416 e. The highest BCUT2D eigenvalue weighted by Gasteiger charge is 2.30. The van der Waals surface area contributed by atoms with E-state index in [9.17, 15) is 18.0 Å². The van der Waals surface area contributed by atoms with Gasteiger partial charge in [-0.2, -0.15) is 13.2 Å². The molecule has 0 aliphatic heterocycles. The first-order valence-electron chi connectivity index (χ1n) is 6.94. The molecule has 2 aromatic carbocycles. The Balaban J connectivity index is 2.13. The van der Waals surface area contributed by atoms with Crippen molar-refractivity contribution in [3.63, 3.8) is 0 Å². The van der Waals surface area contributed by atoms with Crippen LogP contribution in [-0.4, -0.2) is 16.7 Å². The molecule has 2 rings (SSSR count). The van der Waals surface area contributed by atoms with E-state index in [1.807, 2.05) is 30.3 Å². The van der Waals surface area contributed by atoms with E-state index in [0.29, 0.717) is 12.1 Å². The highest BCUT2D eigenvalue weighted by Crippen LogP contribution is 2.29. The van der Waals surface area contributed by atoms with Gasteiger partial charge in [-0.15, -0.1) is 11.6 Å². The molecule has 0 aromatic heterocycles. The second-order valence-electron chi connectivity index (χ2n) is 5.06. The minimum atomic E-state index is -4.37. The first-order valence-corrected chi connectivity index (χ1v) is 7.47. The second-order valence-corrected chi connectivity index (χ2v) is 5.33. The van der Waals surface area contributed by atoms with Gasteiger partial charge in [-0.05, 0) is 23.3 Å². The van der Waals surface area contributed by atoms with Crippen molar-refractivity contribution in [2.24, 2.45) is 0 Å². The molecule has 0 fully saturated rings. The summed E-state index contributed by atoms with van der Waals surface area (Å²) in [5, 5.41) is 0. The van der Waals surface area contributed by atoms with Crippen LogP contribution in [0.15, 0.2) is 54.6 Å². The lowest BCUT2D eigenvalue weighted by Crippen LogP contribution is -2.31. The number of benzene rings is 2. The summed E-state index contributed by atoms with van der Waals surface area (Å²) in [5.74, 6) is -0.441. The molecule has 2 aromatic rings. The predicted molar refractivity (Wildman–Crippen MR) is 82.9 cm³/mol. The molecule has 1 amide bonds. The number of nitrogens with zero attached hydrogens (tertiary/aromatic N) is 1. The van der Waals surface area contributed by atoms with E-state index < -0.39 is 11.7 Å². The van der Waals surface area contributed by atoms with Gasteiger partial charge in [0.2, 0.25) is 5.91 Å². The van der Waals surface area contributed by atoms with Gasteiger partial charge in [0, 0.05) is 13.1 Å². The zero-order valence-corrected chi connectivity index (χ0v) is 12.9. The van der Waals surface area contributed by atoms with Crippen LogP contribution < -0.4 is 0 Å². The quantitative estimate of drug-likeness (QED) is 0.735. The Kier molecular flexibility index (Phi) is 5.66. The molecule has 0 unspecified atom stereocenters. The lowest BCUT2D eigenvalue weighted by molar-refractivity contribution is -0.137. The SMILES string of the molecule is O=C(CCl)N(Cc1ccccc1)Cc1ccc(C(F)(F)F)cc1. The minimum Gasteiger partial charge on any atom is -0.333 e. The summed E-state index contributed by atoms with van der Waals surface area (Å²) < 4.78 is 37.7. The molecule has 2 nitrogen and oxygen atoms in total. The Bertz CT molecular complexity index is 641. The maximum atomic E-state index is 12.6. The summed E-state index contributed by atoms with van der Waals surface area (Å²) in [5.41, 5.74) is 0.838. The average molecular weight is 342 g/mol. The van der Waals surface area contributed by atoms with Gasteiger partial charge >= 0.3 is 6.18 Å². The van der Waals surface area contributed by atoms with Gasteiger partial charge in [0.15, 0.2) is 0 Å². The van der Waals surface area contributed by atoms with Gasteiger partial charge in [-0.1, -0.05) is 42.5 Å². The number of hydrogen-bond acceptors (Lipinski definition) is 1. The zero-order valence-electron chi connectivity index (χ0n) is 12.2. The Morgan fingerprint density at radius 2 is 1.43 bits per heavy atom. The molecule has 6 heteroatoms. The molecule has 122 valence electrons. The molecule has 0 heterocycles. The lowest BCUT2D eigenvalue weighted by atomic mass is 10.1. The Hall–Kier alpha value is -2.01. The summed E-state index contributed by atoms with van der Waals surface area (Å²) >= 11 is 5.62. The number of carbonyl (C=O) groups is 1. The van der Waals surface area contributed by atoms with Crippen molar-refractivity contribution in [2.45, 2.75) is 19.3 Å². The van der Waals surface area contributed by atoms with Gasteiger partial charge in [-0.25, -0.2) is 0 Å². The van der Waals surface area contributed by atoms with E-state index in [4.69, 9.17) is 11.6 Å². The summed E-state index contributed by atoms with van der Waals surface area (Å²) in [7, 11) is 0. The second kappa shape index (κ2) is 7.51. The average Bonchev–Trinajstić information content (AvgIpc) is 2.54. The zero-order chi connectivity index (χ0) is 16.9. The fraction of sp³-hybridized carbons (Fsp3) is 0.235. The molecule has 23 heavy (non-hydrogen) atoms. The molecule has 0 saturated heterocycles. The number of halogens is 4. The van der Waals surface area contributed by atoms with Crippen LogP contribution in [0.1, 0.15) is 16.7 Å². The monoisotopic (exact) mass is 341 g/mol. The third-order valence-electron chi connectivity index (χ3n) is 3.34. The smallest absolute Gasteiger partial charge is 0.333 e. The molecule has 0 aliphatic rings. The normalized spacial score (nSPS) is 11.3. The number of alkyl halides is 4. The first kappa shape index (κ1) is 17.3. The van der Waals surface area contributed by atoms with Crippen molar-refractivity contribution in [1.82, 2.24) is 4.90 Å². The summed E-state index contributed by atoms with van der Waals surface area (Å²) in [6, 6.07) is 14.1. The highest BCUT2D eigenvalue weighted by molar-refractivity contribution is 6.27. The van der Waals surface area contributed by atoms with Gasteiger partial charge in [0.05, 0.1) is 5.56 Å². The van der Waals surface area contributed by atoms with Gasteiger partial charge in [0.25, 0.3) is 0 Å². The van der Waals surface area contributed by atoms with E-state index in [1.54, 1.807) is 0 Å². The topological polar surface area (TPSA) is 20.3 Å². The van der Waals surface area contributed by atoms with Crippen LogP contribution >= 0.6 is 11.6 Å². The van der Waals surface area contributed by atoms with Crippen molar-refractivity contribution in [3.05, 3.63) is 71.3 Å². The molecule has 0 saturated carbocycles. The first-order chi connectivity index (χ1) is 10.9. The minimum absolute atomic E-state index is 0.173. The molecular weight excluding hydrogens is 327 g/mol. The van der Waals surface area contributed by atoms with Crippen LogP contribution in [0.3, 0.4) is 0 Å². The van der Waals surface area contributed by atoms with E-state index in [-0.39, 0.29) is 18.3 Å². The van der Waals surface area contributed by atoms with Crippen LogP contribution in [0.4, 0.5) is 13.2 Å². The van der Waals surface area contributed by atoms with Crippen LogP contribution in [0.5, 0.6) is 0 Å². The maximum absolute atomic E-state index is 12.6. The third kappa shape index (κ3) is 4.99. The van der Waals surface area contributed by atoms with E-state index >= 15 is 0 Å². The third-order valence-corrected chi connectivity index (χ3v) is 3.57. The van der Waals surface area contributed by atoms with Gasteiger partial charge < -0.3 is 4.90 Å². The molecule has 0 N–H and O–H groups in total. The summed E-state index contributed by atoms with van der Waals surface area (Å²) in [6.07, 6.45) is -4.37. The maximum Gasteiger partial charge on any atom is 0.416 e. The van der Waals surface area contributed by atoms with E-state index in [0.717, 1.165) is 17.7 Å². The fourth-order valence-electron chi connectivity index (χ4n) is 2.14. The summed E-state index contributed by atoms with van der Waals surface area (Å²) in [6.45, 7) is 0.562. The van der Waals surface area contributed by atoms with Gasteiger partial charge in [-0.3, -0.25) is 4.79 Å². The molecule has 0 radical (unpaired) electrons. The van der Waals surface area contributed by atoms with Crippen LogP contribution in [0, 0.1) is 0 Å². The van der Waals surface area contributed by atoms with Crippen LogP contribution in [-0.2, 0) is 24.1 Å². The van der Waals surface area contributed by atoms with Crippen LogP contribution in [0.2, 0.25) is 0 Å². The standard InChI is InChI=1S/C17H15ClF3NO/c18-10-16(23)22(11-13-4-2-1-3-5-13)12-14-6-8-15(9-7-14)17(19,20)21/h1-9H,10-12H2. The highest BCUT2D eigenvalue weighted by atomic mass is 35.5. The Labute approximate surface area is 137 Å². The predicted octanol–water partition coefficient (Wildman–Crippen LogP) is 4.47. The van der Waals surface area contributed by atoms with Gasteiger partial charge in [0.1, 0.15) is 5.88 Å². The van der Waals surface area contributed by atoms with Crippen molar-refractivity contribution < 1.29 is 18.0 Å². The molecular formula is C17H15ClF3NO. The lowest BCUT2D eigenvalue weighted by Gasteiger charge is -2.22. The summed E-state index contributed by atoms with van der Waals surface area (Å²) in [4.78, 5) is 13.5. The van der Waals surface area contributed by atoms with Crippen molar-refractivity contribution in [1.29, 1.82) is 0 Å². The fourth-order valence-corrected chi connectivity index (χ4v) is 2.31. The number of carbonyl (C=O) groups excluding carboxylic acids is 1. The number of hydrogen-bond donors (Lipinski definition) is 0. The molecule has 0 aliphatic carbocycles. The number of amides is 1. The van der Waals surface area contributed by atoms with E-state index in [2.05, 4.69) is 0 Å². The van der Waals surface area contributed by atoms with E-state index in [1.165, 1.54) is 17.0 Å². The molecule has 0 atom stereocenters. The van der Waals surface area contributed by atoms with Crippen molar-refractivity contribution in [2.75, 3.05) is 5.88 Å². The van der Waals surface area contributed by atoms with Crippen molar-refractivity contribution >= 4 is 17.5 Å². The number of rotatable bonds is 5.